The van der Waals surface area contributed by atoms with Crippen LogP contribution in [0.1, 0.15) is 16.8 Å². The second-order valence-electron chi connectivity index (χ2n) is 3.88. The van der Waals surface area contributed by atoms with E-state index in [-0.39, 0.29) is 17.3 Å². The van der Waals surface area contributed by atoms with Gasteiger partial charge in [-0.2, -0.15) is 5.26 Å². The van der Waals surface area contributed by atoms with Gasteiger partial charge in [0.25, 0.3) is 0 Å². The molecule has 4 heteroatoms. The predicted octanol–water partition coefficient (Wildman–Crippen LogP) is 3.53. The maximum absolute atomic E-state index is 13.7. The first-order valence-corrected chi connectivity index (χ1v) is 5.82. The van der Waals surface area contributed by atoms with Crippen LogP contribution in [-0.2, 0) is 12.8 Å². The summed E-state index contributed by atoms with van der Waals surface area (Å²) in [6.45, 7) is 0. The molecule has 0 aliphatic heterocycles. The van der Waals surface area contributed by atoms with Gasteiger partial charge in [-0.25, -0.2) is 4.39 Å². The first kappa shape index (κ1) is 12.5. The van der Waals surface area contributed by atoms with Gasteiger partial charge in [-0.05, 0) is 23.3 Å². The minimum Gasteiger partial charge on any atom is -0.260 e. The fourth-order valence-corrected chi connectivity index (χ4v) is 1.84. The van der Waals surface area contributed by atoms with Gasteiger partial charge in [-0.1, -0.05) is 29.8 Å². The van der Waals surface area contributed by atoms with Crippen molar-refractivity contribution < 1.29 is 4.39 Å². The van der Waals surface area contributed by atoms with Crippen molar-refractivity contribution in [2.24, 2.45) is 0 Å². The van der Waals surface area contributed by atoms with Crippen LogP contribution in [0.15, 0.2) is 36.5 Å². The zero-order chi connectivity index (χ0) is 13.0. The first-order chi connectivity index (χ1) is 8.70. The highest BCUT2D eigenvalue weighted by molar-refractivity contribution is 6.30. The third kappa shape index (κ3) is 2.85. The molecule has 0 atom stereocenters. The Morgan fingerprint density at radius 1 is 1.28 bits per heavy atom. The number of nitriles is 1. The molecule has 0 amide bonds. The van der Waals surface area contributed by atoms with E-state index < -0.39 is 0 Å². The molecule has 0 saturated heterocycles. The number of benzene rings is 1. The van der Waals surface area contributed by atoms with Crippen molar-refractivity contribution in [3.8, 4) is 6.07 Å². The summed E-state index contributed by atoms with van der Waals surface area (Å²) in [5, 5.41) is 8.66. The minimum absolute atomic E-state index is 0.126. The second kappa shape index (κ2) is 5.61. The number of hydrogen-bond donors (Lipinski definition) is 0. The molecule has 0 bridgehead atoms. The number of halogens is 2. The topological polar surface area (TPSA) is 36.7 Å². The van der Waals surface area contributed by atoms with Crippen molar-refractivity contribution in [3.63, 3.8) is 0 Å². The van der Waals surface area contributed by atoms with Gasteiger partial charge in [0, 0.05) is 12.6 Å². The van der Waals surface area contributed by atoms with Crippen molar-refractivity contribution in [1.29, 1.82) is 5.26 Å². The van der Waals surface area contributed by atoms with Crippen molar-refractivity contribution in [3.05, 3.63) is 64.2 Å². The predicted molar refractivity (Wildman–Crippen MR) is 67.8 cm³/mol. The minimum atomic E-state index is -0.389. The van der Waals surface area contributed by atoms with E-state index in [1.807, 2.05) is 12.1 Å². The molecule has 0 aliphatic rings. The molecule has 18 heavy (non-hydrogen) atoms. The molecule has 0 unspecified atom stereocenters. The Bertz CT molecular complexity index is 588. The van der Waals surface area contributed by atoms with Crippen LogP contribution < -0.4 is 0 Å². The third-order valence-corrected chi connectivity index (χ3v) is 2.86. The lowest BCUT2D eigenvalue weighted by Gasteiger charge is -2.05. The summed E-state index contributed by atoms with van der Waals surface area (Å²) in [6.07, 6.45) is 2.38. The molecular formula is C14H10ClFN2. The Labute approximate surface area is 110 Å². The standard InChI is InChI=1S/C14H10ClFN2/c15-13-3-1-2-11(14(13)16)8-10-4-5-12(6-7-17)18-9-10/h1-5,9H,6,8H2. The maximum Gasteiger partial charge on any atom is 0.145 e. The molecule has 0 radical (unpaired) electrons. The molecule has 0 spiro atoms. The highest BCUT2D eigenvalue weighted by atomic mass is 35.5. The van der Waals surface area contributed by atoms with Crippen LogP contribution in [0.4, 0.5) is 4.39 Å². The molecule has 1 aromatic heterocycles. The van der Waals surface area contributed by atoms with Gasteiger partial charge in [0.05, 0.1) is 23.2 Å². The summed E-state index contributed by atoms with van der Waals surface area (Å²) in [5.41, 5.74) is 2.14. The van der Waals surface area contributed by atoms with Crippen molar-refractivity contribution in [2.45, 2.75) is 12.8 Å². The summed E-state index contributed by atoms with van der Waals surface area (Å²) < 4.78 is 13.7. The summed E-state index contributed by atoms with van der Waals surface area (Å²) >= 11 is 5.72. The van der Waals surface area contributed by atoms with Gasteiger partial charge in [0.15, 0.2) is 0 Å². The molecule has 2 nitrogen and oxygen atoms in total. The van der Waals surface area contributed by atoms with E-state index in [4.69, 9.17) is 16.9 Å². The van der Waals surface area contributed by atoms with E-state index in [1.165, 1.54) is 6.07 Å². The fraction of sp³-hybridized carbons (Fsp3) is 0.143. The normalized spacial score (nSPS) is 10.1. The lowest BCUT2D eigenvalue weighted by Crippen LogP contribution is -1.95. The Kier molecular flexibility index (Phi) is 3.91. The van der Waals surface area contributed by atoms with Crippen LogP contribution in [0.25, 0.3) is 0 Å². The first-order valence-electron chi connectivity index (χ1n) is 5.44. The van der Waals surface area contributed by atoms with E-state index >= 15 is 0 Å². The molecule has 0 saturated carbocycles. The van der Waals surface area contributed by atoms with E-state index in [1.54, 1.807) is 24.4 Å². The van der Waals surface area contributed by atoms with Crippen LogP contribution in [0, 0.1) is 17.1 Å². The molecule has 0 fully saturated rings. The highest BCUT2D eigenvalue weighted by Gasteiger charge is 2.07. The highest BCUT2D eigenvalue weighted by Crippen LogP contribution is 2.20. The molecule has 2 rings (SSSR count). The largest absolute Gasteiger partial charge is 0.260 e. The Morgan fingerprint density at radius 2 is 2.11 bits per heavy atom. The fourth-order valence-electron chi connectivity index (χ4n) is 1.65. The van der Waals surface area contributed by atoms with Crippen molar-refractivity contribution >= 4 is 11.6 Å². The van der Waals surface area contributed by atoms with Gasteiger partial charge in [-0.3, -0.25) is 4.98 Å². The van der Waals surface area contributed by atoms with E-state index in [9.17, 15) is 4.39 Å². The van der Waals surface area contributed by atoms with Crippen molar-refractivity contribution in [1.82, 2.24) is 4.98 Å². The Balaban J connectivity index is 2.19. The maximum atomic E-state index is 13.7. The SMILES string of the molecule is N#CCc1ccc(Cc2cccc(Cl)c2F)cn1. The van der Waals surface area contributed by atoms with Crippen LogP contribution in [0.2, 0.25) is 5.02 Å². The molecular weight excluding hydrogens is 251 g/mol. The van der Waals surface area contributed by atoms with Crippen LogP contribution in [0.3, 0.4) is 0 Å². The van der Waals surface area contributed by atoms with Gasteiger partial charge in [-0.15, -0.1) is 0 Å². The zero-order valence-corrected chi connectivity index (χ0v) is 10.3. The summed E-state index contributed by atoms with van der Waals surface area (Å²) in [5.74, 6) is -0.389. The molecule has 0 aliphatic carbocycles. The van der Waals surface area contributed by atoms with Gasteiger partial charge >= 0.3 is 0 Å². The molecule has 90 valence electrons. The van der Waals surface area contributed by atoms with E-state index in [0.717, 1.165) is 5.56 Å². The number of pyridine rings is 1. The number of aromatic nitrogens is 1. The zero-order valence-electron chi connectivity index (χ0n) is 9.53. The van der Waals surface area contributed by atoms with E-state index in [2.05, 4.69) is 4.98 Å². The Morgan fingerprint density at radius 3 is 2.78 bits per heavy atom. The monoisotopic (exact) mass is 260 g/mol. The van der Waals surface area contributed by atoms with Crippen LogP contribution in [0.5, 0.6) is 0 Å². The second-order valence-corrected chi connectivity index (χ2v) is 4.29. The lowest BCUT2D eigenvalue weighted by molar-refractivity contribution is 0.614. The quantitative estimate of drug-likeness (QED) is 0.846. The van der Waals surface area contributed by atoms with Crippen molar-refractivity contribution in [2.75, 3.05) is 0 Å². The Hall–Kier alpha value is -1.92. The molecule has 0 N–H and O–H groups in total. The third-order valence-electron chi connectivity index (χ3n) is 2.57. The van der Waals surface area contributed by atoms with Crippen LogP contribution >= 0.6 is 11.6 Å². The smallest absolute Gasteiger partial charge is 0.145 e. The van der Waals surface area contributed by atoms with E-state index in [0.29, 0.717) is 17.7 Å². The summed E-state index contributed by atoms with van der Waals surface area (Å²) in [4.78, 5) is 4.14. The number of hydrogen-bond acceptors (Lipinski definition) is 2. The summed E-state index contributed by atoms with van der Waals surface area (Å²) in [7, 11) is 0. The van der Waals surface area contributed by atoms with Gasteiger partial charge < -0.3 is 0 Å². The average Bonchev–Trinajstić information content (AvgIpc) is 2.38. The molecule has 2 aromatic rings. The molecule has 1 heterocycles. The van der Waals surface area contributed by atoms with Crippen LogP contribution in [-0.4, -0.2) is 4.98 Å². The van der Waals surface area contributed by atoms with Gasteiger partial charge in [0.2, 0.25) is 0 Å². The lowest BCUT2D eigenvalue weighted by atomic mass is 10.1. The average molecular weight is 261 g/mol. The summed E-state index contributed by atoms with van der Waals surface area (Å²) in [6, 6.07) is 10.6. The number of rotatable bonds is 3. The molecule has 1 aromatic carbocycles. The number of nitrogens with zero attached hydrogens (tertiary/aromatic N) is 2. The van der Waals surface area contributed by atoms with Gasteiger partial charge in [0.1, 0.15) is 5.82 Å².